The molecule has 0 fully saturated rings. The Hall–Kier alpha value is -2.07. The number of rotatable bonds is 3. The van der Waals surface area contributed by atoms with Crippen LogP contribution >= 0.6 is 0 Å². The number of nitrogens with two attached hydrogens (primary N) is 1. The van der Waals surface area contributed by atoms with Gasteiger partial charge < -0.3 is 15.5 Å². The SMILES string of the molecule is CCc1occc1C(N)c1ccc2c(c1)C(=O)NCCC2. The highest BCUT2D eigenvalue weighted by atomic mass is 16.3. The van der Waals surface area contributed by atoms with E-state index in [0.29, 0.717) is 0 Å². The minimum absolute atomic E-state index is 0.000501. The van der Waals surface area contributed by atoms with Crippen molar-refractivity contribution in [1.29, 1.82) is 0 Å². The van der Waals surface area contributed by atoms with Crippen molar-refractivity contribution in [3.63, 3.8) is 0 Å². The molecule has 21 heavy (non-hydrogen) atoms. The van der Waals surface area contributed by atoms with Crippen molar-refractivity contribution in [2.45, 2.75) is 32.2 Å². The van der Waals surface area contributed by atoms with Gasteiger partial charge in [-0.1, -0.05) is 19.1 Å². The summed E-state index contributed by atoms with van der Waals surface area (Å²) in [5, 5.41) is 2.93. The fourth-order valence-corrected chi connectivity index (χ4v) is 2.89. The van der Waals surface area contributed by atoms with Gasteiger partial charge in [0.15, 0.2) is 0 Å². The van der Waals surface area contributed by atoms with Crippen LogP contribution < -0.4 is 11.1 Å². The molecule has 0 saturated heterocycles. The van der Waals surface area contributed by atoms with Gasteiger partial charge in [-0.3, -0.25) is 4.79 Å². The smallest absolute Gasteiger partial charge is 0.251 e. The predicted molar refractivity (Wildman–Crippen MR) is 81.2 cm³/mol. The molecule has 1 aromatic carbocycles. The first kappa shape index (κ1) is 13.9. The summed E-state index contributed by atoms with van der Waals surface area (Å²) in [5.41, 5.74) is 10.2. The van der Waals surface area contributed by atoms with E-state index in [1.165, 1.54) is 0 Å². The zero-order valence-corrected chi connectivity index (χ0v) is 12.2. The molecule has 0 radical (unpaired) electrons. The maximum Gasteiger partial charge on any atom is 0.251 e. The lowest BCUT2D eigenvalue weighted by molar-refractivity contribution is 0.0956. The Morgan fingerprint density at radius 3 is 3.05 bits per heavy atom. The summed E-state index contributed by atoms with van der Waals surface area (Å²) in [5.74, 6) is 0.904. The van der Waals surface area contributed by atoms with E-state index in [2.05, 4.69) is 5.32 Å². The average Bonchev–Trinajstić information content (AvgIpc) is 2.91. The molecule has 0 saturated carbocycles. The number of benzene rings is 1. The van der Waals surface area contributed by atoms with Crippen LogP contribution in [0.2, 0.25) is 0 Å². The van der Waals surface area contributed by atoms with Crippen LogP contribution in [0.3, 0.4) is 0 Å². The Bertz CT molecular complexity index is 661. The highest BCUT2D eigenvalue weighted by Gasteiger charge is 2.20. The fraction of sp³-hybridized carbons (Fsp3) is 0.353. The molecule has 1 aromatic heterocycles. The zero-order valence-electron chi connectivity index (χ0n) is 12.2. The highest BCUT2D eigenvalue weighted by Crippen LogP contribution is 2.27. The van der Waals surface area contributed by atoms with Gasteiger partial charge in [0.05, 0.1) is 12.3 Å². The van der Waals surface area contributed by atoms with Crippen molar-refractivity contribution in [3.8, 4) is 0 Å². The molecule has 110 valence electrons. The minimum atomic E-state index is -0.264. The number of fused-ring (bicyclic) bond motifs is 1. The van der Waals surface area contributed by atoms with Gasteiger partial charge in [0, 0.05) is 24.1 Å². The van der Waals surface area contributed by atoms with Gasteiger partial charge >= 0.3 is 0 Å². The molecular weight excluding hydrogens is 264 g/mol. The van der Waals surface area contributed by atoms with Crippen molar-refractivity contribution in [3.05, 3.63) is 58.5 Å². The lowest BCUT2D eigenvalue weighted by Gasteiger charge is -2.14. The highest BCUT2D eigenvalue weighted by molar-refractivity contribution is 5.96. The van der Waals surface area contributed by atoms with E-state index in [1.807, 2.05) is 31.2 Å². The molecular formula is C17H20N2O2. The van der Waals surface area contributed by atoms with E-state index in [0.717, 1.165) is 53.8 Å². The van der Waals surface area contributed by atoms with Crippen LogP contribution in [0.25, 0.3) is 0 Å². The monoisotopic (exact) mass is 284 g/mol. The van der Waals surface area contributed by atoms with Crippen molar-refractivity contribution in [1.82, 2.24) is 5.32 Å². The van der Waals surface area contributed by atoms with E-state index >= 15 is 0 Å². The lowest BCUT2D eigenvalue weighted by atomic mass is 9.94. The number of amides is 1. The van der Waals surface area contributed by atoms with Crippen LogP contribution in [0.1, 0.15) is 52.2 Å². The number of aryl methyl sites for hydroxylation is 2. The standard InChI is InChI=1S/C17H20N2O2/c1-2-15-13(7-9-21-15)16(18)12-6-5-11-4-3-8-19-17(20)14(11)10-12/h5-7,9-10,16H,2-4,8,18H2,1H3,(H,19,20). The Morgan fingerprint density at radius 1 is 1.38 bits per heavy atom. The Balaban J connectivity index is 1.98. The summed E-state index contributed by atoms with van der Waals surface area (Å²) in [7, 11) is 0. The van der Waals surface area contributed by atoms with Gasteiger partial charge in [0.2, 0.25) is 0 Å². The summed E-state index contributed by atoms with van der Waals surface area (Å²) in [6.07, 6.45) is 4.38. The normalized spacial score (nSPS) is 16.0. The molecule has 2 aromatic rings. The number of carbonyl (C=O) groups excluding carboxylic acids is 1. The van der Waals surface area contributed by atoms with E-state index in [4.69, 9.17) is 10.2 Å². The third-order valence-electron chi connectivity index (χ3n) is 4.08. The number of furan rings is 1. The molecule has 0 bridgehead atoms. The first-order valence-corrected chi connectivity index (χ1v) is 7.43. The largest absolute Gasteiger partial charge is 0.469 e. The zero-order chi connectivity index (χ0) is 14.8. The minimum Gasteiger partial charge on any atom is -0.469 e. The molecule has 3 N–H and O–H groups in total. The summed E-state index contributed by atoms with van der Waals surface area (Å²) < 4.78 is 5.45. The summed E-state index contributed by atoms with van der Waals surface area (Å²) in [4.78, 5) is 12.1. The predicted octanol–water partition coefficient (Wildman–Crippen LogP) is 2.57. The van der Waals surface area contributed by atoms with Gasteiger partial charge in [-0.2, -0.15) is 0 Å². The molecule has 2 heterocycles. The fourth-order valence-electron chi connectivity index (χ4n) is 2.89. The number of nitrogens with one attached hydrogen (secondary N) is 1. The average molecular weight is 284 g/mol. The van der Waals surface area contributed by atoms with Crippen LogP contribution in [0, 0.1) is 0 Å². The van der Waals surface area contributed by atoms with Crippen molar-refractivity contribution >= 4 is 5.91 Å². The molecule has 4 nitrogen and oxygen atoms in total. The second-order valence-electron chi connectivity index (χ2n) is 5.41. The number of hydrogen-bond donors (Lipinski definition) is 2. The van der Waals surface area contributed by atoms with Crippen LogP contribution in [0.4, 0.5) is 0 Å². The van der Waals surface area contributed by atoms with Crippen LogP contribution in [-0.4, -0.2) is 12.5 Å². The second kappa shape index (κ2) is 5.74. The van der Waals surface area contributed by atoms with E-state index in [9.17, 15) is 4.79 Å². The maximum absolute atomic E-state index is 12.1. The topological polar surface area (TPSA) is 68.3 Å². The molecule has 1 aliphatic heterocycles. The quantitative estimate of drug-likeness (QED) is 0.910. The van der Waals surface area contributed by atoms with Gasteiger partial charge in [-0.05, 0) is 36.1 Å². The third-order valence-corrected chi connectivity index (χ3v) is 4.08. The van der Waals surface area contributed by atoms with Crippen molar-refractivity contribution < 1.29 is 9.21 Å². The van der Waals surface area contributed by atoms with Gasteiger partial charge in [0.1, 0.15) is 5.76 Å². The van der Waals surface area contributed by atoms with Gasteiger partial charge in [-0.25, -0.2) is 0 Å². The van der Waals surface area contributed by atoms with Crippen molar-refractivity contribution in [2.24, 2.45) is 5.73 Å². The maximum atomic E-state index is 12.1. The van der Waals surface area contributed by atoms with Crippen LogP contribution in [0.5, 0.6) is 0 Å². The molecule has 1 atom stereocenters. The number of hydrogen-bond acceptors (Lipinski definition) is 3. The van der Waals surface area contributed by atoms with Gasteiger partial charge in [-0.15, -0.1) is 0 Å². The first-order chi connectivity index (χ1) is 10.2. The van der Waals surface area contributed by atoms with Crippen LogP contribution in [-0.2, 0) is 12.8 Å². The second-order valence-corrected chi connectivity index (χ2v) is 5.41. The van der Waals surface area contributed by atoms with E-state index in [-0.39, 0.29) is 11.9 Å². The first-order valence-electron chi connectivity index (χ1n) is 7.43. The summed E-state index contributed by atoms with van der Waals surface area (Å²) >= 11 is 0. The Labute approximate surface area is 124 Å². The molecule has 0 spiro atoms. The summed E-state index contributed by atoms with van der Waals surface area (Å²) in [6, 6.07) is 7.62. The van der Waals surface area contributed by atoms with Crippen molar-refractivity contribution in [2.75, 3.05) is 6.54 Å². The summed E-state index contributed by atoms with van der Waals surface area (Å²) in [6.45, 7) is 2.77. The Kier molecular flexibility index (Phi) is 3.80. The van der Waals surface area contributed by atoms with E-state index in [1.54, 1.807) is 6.26 Å². The third kappa shape index (κ3) is 2.59. The molecule has 4 heteroatoms. The van der Waals surface area contributed by atoms with E-state index < -0.39 is 0 Å². The Morgan fingerprint density at radius 2 is 2.24 bits per heavy atom. The number of carbonyl (C=O) groups is 1. The molecule has 0 aliphatic carbocycles. The molecule has 1 aliphatic rings. The van der Waals surface area contributed by atoms with Gasteiger partial charge in [0.25, 0.3) is 5.91 Å². The lowest BCUT2D eigenvalue weighted by Crippen LogP contribution is -2.23. The molecule has 1 unspecified atom stereocenters. The molecule has 3 rings (SSSR count). The van der Waals surface area contributed by atoms with Crippen LogP contribution in [0.15, 0.2) is 34.9 Å². The molecule has 1 amide bonds.